The number of ether oxygens (including phenoxy) is 2. The number of benzene rings is 1. The molecule has 21 heavy (non-hydrogen) atoms. The summed E-state index contributed by atoms with van der Waals surface area (Å²) in [6.07, 6.45) is 5.68. The van der Waals surface area contributed by atoms with Crippen LogP contribution in [0.4, 0.5) is 0 Å². The number of hydrogen-bond donors (Lipinski definition) is 1. The minimum atomic E-state index is 0.437. The number of methoxy groups -OCH3 is 1. The molecule has 2 fully saturated rings. The lowest BCUT2D eigenvalue weighted by molar-refractivity contribution is -0.173. The van der Waals surface area contributed by atoms with Crippen LogP contribution in [0.25, 0.3) is 0 Å². The van der Waals surface area contributed by atoms with Crippen LogP contribution < -0.4 is 5.32 Å². The maximum atomic E-state index is 5.92. The summed E-state index contributed by atoms with van der Waals surface area (Å²) < 4.78 is 11.2. The second kappa shape index (κ2) is 6.47. The molecular weight excluding hydrogens is 262 g/mol. The third-order valence-electron chi connectivity index (χ3n) is 5.39. The Kier molecular flexibility index (Phi) is 4.63. The molecule has 2 unspecified atom stereocenters. The molecular formula is C18H27NO2. The second-order valence-electron chi connectivity index (χ2n) is 6.40. The van der Waals surface area contributed by atoms with Crippen LogP contribution in [0.5, 0.6) is 0 Å². The van der Waals surface area contributed by atoms with E-state index < -0.39 is 0 Å². The lowest BCUT2D eigenvalue weighted by Gasteiger charge is -2.61. The van der Waals surface area contributed by atoms with Gasteiger partial charge in [0.1, 0.15) is 0 Å². The third kappa shape index (κ3) is 2.75. The van der Waals surface area contributed by atoms with Crippen molar-refractivity contribution in [3.63, 3.8) is 0 Å². The first-order valence-electron chi connectivity index (χ1n) is 8.21. The molecule has 0 bridgehead atoms. The zero-order chi connectivity index (χ0) is 14.7. The molecule has 3 heteroatoms. The van der Waals surface area contributed by atoms with E-state index in [1.165, 1.54) is 36.8 Å². The molecule has 0 radical (unpaired) electrons. The Morgan fingerprint density at radius 1 is 1.24 bits per heavy atom. The Labute approximate surface area is 128 Å². The van der Waals surface area contributed by atoms with Crippen LogP contribution in [0.15, 0.2) is 24.3 Å². The molecule has 0 aliphatic heterocycles. The van der Waals surface area contributed by atoms with E-state index in [2.05, 4.69) is 36.5 Å². The molecule has 1 aromatic rings. The van der Waals surface area contributed by atoms with Crippen molar-refractivity contribution in [2.24, 2.45) is 5.41 Å². The molecule has 116 valence electrons. The summed E-state index contributed by atoms with van der Waals surface area (Å²) in [6, 6.07) is 9.17. The van der Waals surface area contributed by atoms with Gasteiger partial charge in [-0.15, -0.1) is 0 Å². The van der Waals surface area contributed by atoms with Gasteiger partial charge in [-0.1, -0.05) is 30.7 Å². The van der Waals surface area contributed by atoms with Gasteiger partial charge in [-0.05, 0) is 37.3 Å². The highest BCUT2D eigenvalue weighted by Crippen LogP contribution is 2.57. The van der Waals surface area contributed by atoms with Gasteiger partial charge in [-0.2, -0.15) is 0 Å². The van der Waals surface area contributed by atoms with E-state index in [-0.39, 0.29) is 0 Å². The van der Waals surface area contributed by atoms with Crippen LogP contribution in [-0.4, -0.2) is 25.9 Å². The SMILES string of the molecule is CCOC1CC(NCc2ccccc2COC)C12CCC2. The first-order chi connectivity index (χ1) is 10.3. The Morgan fingerprint density at radius 3 is 2.62 bits per heavy atom. The Balaban J connectivity index is 1.59. The molecule has 2 aliphatic rings. The van der Waals surface area contributed by atoms with Gasteiger partial charge in [-0.25, -0.2) is 0 Å². The molecule has 0 saturated heterocycles. The summed E-state index contributed by atoms with van der Waals surface area (Å²) in [4.78, 5) is 0. The molecule has 3 rings (SSSR count). The lowest BCUT2D eigenvalue weighted by atomic mass is 9.51. The van der Waals surface area contributed by atoms with E-state index in [1.54, 1.807) is 7.11 Å². The van der Waals surface area contributed by atoms with Crippen molar-refractivity contribution in [3.8, 4) is 0 Å². The first kappa shape index (κ1) is 15.0. The number of rotatable bonds is 7. The third-order valence-corrected chi connectivity index (χ3v) is 5.39. The van der Waals surface area contributed by atoms with E-state index >= 15 is 0 Å². The second-order valence-corrected chi connectivity index (χ2v) is 6.40. The van der Waals surface area contributed by atoms with E-state index in [0.717, 1.165) is 13.2 Å². The van der Waals surface area contributed by atoms with Crippen LogP contribution >= 0.6 is 0 Å². The quantitative estimate of drug-likeness (QED) is 0.835. The zero-order valence-corrected chi connectivity index (χ0v) is 13.2. The van der Waals surface area contributed by atoms with Crippen molar-refractivity contribution in [1.82, 2.24) is 5.32 Å². The standard InChI is InChI=1S/C18H27NO2/c1-3-21-17-11-16(18(17)9-6-10-18)19-12-14-7-4-5-8-15(14)13-20-2/h4-5,7-8,16-17,19H,3,6,9-13H2,1-2H3. The minimum Gasteiger partial charge on any atom is -0.380 e. The molecule has 0 heterocycles. The van der Waals surface area contributed by atoms with Gasteiger partial charge in [0, 0.05) is 31.7 Å². The van der Waals surface area contributed by atoms with Gasteiger partial charge in [0.05, 0.1) is 12.7 Å². The average Bonchev–Trinajstić information content (AvgIpc) is 2.42. The summed E-state index contributed by atoms with van der Waals surface area (Å²) in [5.41, 5.74) is 3.08. The topological polar surface area (TPSA) is 30.5 Å². The lowest BCUT2D eigenvalue weighted by Crippen LogP contribution is -2.66. The van der Waals surface area contributed by atoms with Crippen LogP contribution in [0.1, 0.15) is 43.7 Å². The molecule has 0 aromatic heterocycles. The molecule has 1 aromatic carbocycles. The van der Waals surface area contributed by atoms with Crippen molar-refractivity contribution in [2.45, 2.75) is 57.9 Å². The number of nitrogens with one attached hydrogen (secondary N) is 1. The van der Waals surface area contributed by atoms with Crippen molar-refractivity contribution in [3.05, 3.63) is 35.4 Å². The molecule has 1 spiro atoms. The highest BCUT2D eigenvalue weighted by molar-refractivity contribution is 5.27. The number of hydrogen-bond acceptors (Lipinski definition) is 3. The van der Waals surface area contributed by atoms with Gasteiger partial charge >= 0.3 is 0 Å². The summed E-state index contributed by atoms with van der Waals surface area (Å²) in [5.74, 6) is 0. The Hall–Kier alpha value is -0.900. The Morgan fingerprint density at radius 2 is 2.00 bits per heavy atom. The predicted octanol–water partition coefficient (Wildman–Crippen LogP) is 3.27. The van der Waals surface area contributed by atoms with Crippen molar-refractivity contribution in [1.29, 1.82) is 0 Å². The smallest absolute Gasteiger partial charge is 0.0716 e. The molecule has 3 nitrogen and oxygen atoms in total. The van der Waals surface area contributed by atoms with E-state index in [0.29, 0.717) is 24.2 Å². The molecule has 2 aliphatic carbocycles. The minimum absolute atomic E-state index is 0.437. The maximum absolute atomic E-state index is 5.92. The monoisotopic (exact) mass is 289 g/mol. The van der Waals surface area contributed by atoms with Crippen LogP contribution in [-0.2, 0) is 22.6 Å². The summed E-state index contributed by atoms with van der Waals surface area (Å²) >= 11 is 0. The fourth-order valence-electron chi connectivity index (χ4n) is 3.98. The van der Waals surface area contributed by atoms with E-state index in [9.17, 15) is 0 Å². The summed E-state index contributed by atoms with van der Waals surface area (Å²) in [6.45, 7) is 4.57. The van der Waals surface area contributed by atoms with Crippen molar-refractivity contribution >= 4 is 0 Å². The van der Waals surface area contributed by atoms with Crippen LogP contribution in [0, 0.1) is 5.41 Å². The predicted molar refractivity (Wildman–Crippen MR) is 84.1 cm³/mol. The fraction of sp³-hybridized carbons (Fsp3) is 0.667. The van der Waals surface area contributed by atoms with Crippen LogP contribution in [0.2, 0.25) is 0 Å². The van der Waals surface area contributed by atoms with Gasteiger partial charge in [0.25, 0.3) is 0 Å². The van der Waals surface area contributed by atoms with Crippen molar-refractivity contribution in [2.75, 3.05) is 13.7 Å². The largest absolute Gasteiger partial charge is 0.380 e. The van der Waals surface area contributed by atoms with Gasteiger partial charge in [0.2, 0.25) is 0 Å². The highest BCUT2D eigenvalue weighted by Gasteiger charge is 2.58. The first-order valence-corrected chi connectivity index (χ1v) is 8.21. The van der Waals surface area contributed by atoms with Gasteiger partial charge < -0.3 is 14.8 Å². The van der Waals surface area contributed by atoms with E-state index in [1.807, 2.05) is 0 Å². The maximum Gasteiger partial charge on any atom is 0.0716 e. The fourth-order valence-corrected chi connectivity index (χ4v) is 3.98. The zero-order valence-electron chi connectivity index (χ0n) is 13.2. The molecule has 1 N–H and O–H groups in total. The highest BCUT2D eigenvalue weighted by atomic mass is 16.5. The average molecular weight is 289 g/mol. The molecule has 2 saturated carbocycles. The Bertz CT molecular complexity index is 470. The molecule has 2 atom stereocenters. The summed E-state index contributed by atoms with van der Waals surface area (Å²) in [5, 5.41) is 3.78. The summed E-state index contributed by atoms with van der Waals surface area (Å²) in [7, 11) is 1.76. The van der Waals surface area contributed by atoms with Crippen LogP contribution in [0.3, 0.4) is 0 Å². The molecule has 0 amide bonds. The van der Waals surface area contributed by atoms with Gasteiger partial charge in [0.15, 0.2) is 0 Å². The normalized spacial score (nSPS) is 26.4. The van der Waals surface area contributed by atoms with E-state index in [4.69, 9.17) is 9.47 Å². The van der Waals surface area contributed by atoms with Crippen molar-refractivity contribution < 1.29 is 9.47 Å². The van der Waals surface area contributed by atoms with Gasteiger partial charge in [-0.3, -0.25) is 0 Å².